The normalized spacial score (nSPS) is 15.6. The molecule has 1 aliphatic heterocycles. The average Bonchev–Trinajstić information content (AvgIpc) is 2.92. The molecule has 1 heterocycles. The van der Waals surface area contributed by atoms with Crippen LogP contribution in [0.4, 0.5) is 0 Å². The van der Waals surface area contributed by atoms with Crippen molar-refractivity contribution in [1.29, 1.82) is 0 Å². The topological polar surface area (TPSA) is 63.2 Å². The van der Waals surface area contributed by atoms with Crippen LogP contribution in [0.3, 0.4) is 0 Å². The number of Topliss-reactive ketones (excluding diaryl/α,β-unsaturated/α-hetero) is 1. The van der Waals surface area contributed by atoms with E-state index in [1.165, 1.54) is 5.57 Å². The highest BCUT2D eigenvalue weighted by Gasteiger charge is 2.35. The molecule has 0 saturated carbocycles. The third kappa shape index (κ3) is 8.68. The van der Waals surface area contributed by atoms with Gasteiger partial charge in [0.05, 0.1) is 34.9 Å². The molecule has 0 spiro atoms. The number of carbonyl (C=O) groups excluding carboxylic acids is 1. The summed E-state index contributed by atoms with van der Waals surface area (Å²) in [5.41, 5.74) is 4.51. The van der Waals surface area contributed by atoms with Gasteiger partial charge in [0, 0.05) is 31.4 Å². The van der Waals surface area contributed by atoms with Gasteiger partial charge >= 0.3 is 0 Å². The van der Waals surface area contributed by atoms with Crippen molar-refractivity contribution < 1.29 is 28.5 Å². The maximum Gasteiger partial charge on any atom is 0.174 e. The molecule has 0 unspecified atom stereocenters. The summed E-state index contributed by atoms with van der Waals surface area (Å²) in [7, 11) is 6.50. The van der Waals surface area contributed by atoms with Gasteiger partial charge in [0.1, 0.15) is 28.9 Å². The summed E-state index contributed by atoms with van der Waals surface area (Å²) in [5.74, 6) is 2.93. The van der Waals surface area contributed by atoms with Gasteiger partial charge in [0.15, 0.2) is 17.3 Å². The molecule has 1 atom stereocenters. The summed E-state index contributed by atoms with van der Waals surface area (Å²) in [6.07, 6.45) is 7.29. The lowest BCUT2D eigenvalue weighted by molar-refractivity contribution is 0.0842. The highest BCUT2D eigenvalue weighted by atomic mass is 79.9. The smallest absolute Gasteiger partial charge is 0.174 e. The fourth-order valence-corrected chi connectivity index (χ4v) is 5.88. The van der Waals surface area contributed by atoms with E-state index in [2.05, 4.69) is 72.6 Å². The van der Waals surface area contributed by atoms with E-state index in [9.17, 15) is 4.79 Å². The van der Waals surface area contributed by atoms with Crippen LogP contribution in [0.2, 0.25) is 0 Å². The molecule has 0 bridgehead atoms. The van der Waals surface area contributed by atoms with Crippen LogP contribution in [0.1, 0.15) is 99.9 Å². The minimum Gasteiger partial charge on any atom is -0.496 e. The second kappa shape index (κ2) is 14.5. The molecule has 2 aromatic carbocycles. The number of allylic oxidation sites excluding steroid dienone is 2. The van der Waals surface area contributed by atoms with Gasteiger partial charge in [-0.05, 0) is 51.5 Å². The molecule has 0 aromatic heterocycles. The zero-order valence-electron chi connectivity index (χ0n) is 26.5. The molecule has 0 N–H and O–H groups in total. The van der Waals surface area contributed by atoms with E-state index in [0.29, 0.717) is 47.2 Å². The molecular formula is C34H46Br2O6. The standard InChI is InChI=1S/C34H46Br2O6/c1-21(11-10-17-33(2,3)35)12-13-23-22(14-15-26(38-6)31(23)40-8)28-19-25(37)30-29(42-28)20-27(39-7)24(32(30)41-9)16-18-34(4,5)36/h12,14-15,20,28H,10-11,13,16-19H2,1-9H3/b21-12-/t28-/m0/s1. The quantitative estimate of drug-likeness (QED) is 0.144. The maximum atomic E-state index is 13.8. The van der Waals surface area contributed by atoms with Crippen molar-refractivity contribution >= 4 is 37.6 Å². The van der Waals surface area contributed by atoms with Crippen molar-refractivity contribution in [2.45, 2.75) is 94.3 Å². The molecule has 42 heavy (non-hydrogen) atoms. The van der Waals surface area contributed by atoms with E-state index in [1.54, 1.807) is 28.4 Å². The van der Waals surface area contributed by atoms with Crippen molar-refractivity contribution in [2.75, 3.05) is 28.4 Å². The third-order valence-corrected chi connectivity index (χ3v) is 8.44. The van der Waals surface area contributed by atoms with E-state index in [-0.39, 0.29) is 20.9 Å². The third-order valence-electron chi connectivity index (χ3n) is 7.65. The number of rotatable bonds is 14. The van der Waals surface area contributed by atoms with Crippen molar-refractivity contribution in [1.82, 2.24) is 0 Å². The minimum absolute atomic E-state index is 0.0232. The molecule has 6 nitrogen and oxygen atoms in total. The first-order chi connectivity index (χ1) is 19.7. The highest BCUT2D eigenvalue weighted by molar-refractivity contribution is 9.10. The Hall–Kier alpha value is -2.19. The van der Waals surface area contributed by atoms with E-state index >= 15 is 0 Å². The molecule has 3 rings (SSSR count). The molecule has 0 fully saturated rings. The molecule has 0 radical (unpaired) electrons. The largest absolute Gasteiger partial charge is 0.496 e. The van der Waals surface area contributed by atoms with Crippen LogP contribution in [-0.2, 0) is 12.8 Å². The van der Waals surface area contributed by atoms with Crippen molar-refractivity contribution in [3.8, 4) is 28.7 Å². The number of alkyl halides is 2. The number of halogens is 2. The Kier molecular flexibility index (Phi) is 11.9. The zero-order valence-corrected chi connectivity index (χ0v) is 29.7. The lowest BCUT2D eigenvalue weighted by Crippen LogP contribution is -2.23. The van der Waals surface area contributed by atoms with Gasteiger partial charge in [0.2, 0.25) is 0 Å². The summed E-state index contributed by atoms with van der Waals surface area (Å²) in [6, 6.07) is 5.69. The predicted octanol–water partition coefficient (Wildman–Crippen LogP) is 9.37. The second-order valence-electron chi connectivity index (χ2n) is 12.1. The Morgan fingerprint density at radius 3 is 2.14 bits per heavy atom. The van der Waals surface area contributed by atoms with Crippen molar-refractivity contribution in [3.05, 3.63) is 52.1 Å². The van der Waals surface area contributed by atoms with Crippen LogP contribution >= 0.6 is 31.9 Å². The van der Waals surface area contributed by atoms with E-state index in [4.69, 9.17) is 23.7 Å². The van der Waals surface area contributed by atoms with Crippen LogP contribution in [0.25, 0.3) is 0 Å². The Labute approximate surface area is 268 Å². The van der Waals surface area contributed by atoms with E-state index in [0.717, 1.165) is 42.4 Å². The predicted molar refractivity (Wildman–Crippen MR) is 177 cm³/mol. The van der Waals surface area contributed by atoms with Crippen molar-refractivity contribution in [2.24, 2.45) is 0 Å². The number of hydrogen-bond acceptors (Lipinski definition) is 6. The number of hydrogen-bond donors (Lipinski definition) is 0. The first kappa shape index (κ1) is 34.3. The summed E-state index contributed by atoms with van der Waals surface area (Å²) < 4.78 is 29.7. The van der Waals surface area contributed by atoms with Crippen LogP contribution in [0, 0.1) is 0 Å². The number of carbonyl (C=O) groups is 1. The summed E-state index contributed by atoms with van der Waals surface area (Å²) >= 11 is 7.46. The van der Waals surface area contributed by atoms with Gasteiger partial charge in [-0.15, -0.1) is 0 Å². The van der Waals surface area contributed by atoms with Crippen LogP contribution in [0.5, 0.6) is 28.7 Å². The highest BCUT2D eigenvalue weighted by Crippen LogP contribution is 2.48. The number of ketones is 1. The Morgan fingerprint density at radius 1 is 0.929 bits per heavy atom. The molecule has 0 amide bonds. The number of ether oxygens (including phenoxy) is 5. The first-order valence-corrected chi connectivity index (χ1v) is 16.1. The molecule has 0 saturated heterocycles. The lowest BCUT2D eigenvalue weighted by Gasteiger charge is -2.30. The molecular weight excluding hydrogens is 664 g/mol. The van der Waals surface area contributed by atoms with E-state index < -0.39 is 6.10 Å². The fraction of sp³-hybridized carbons (Fsp3) is 0.559. The van der Waals surface area contributed by atoms with Crippen LogP contribution in [-0.4, -0.2) is 42.9 Å². The van der Waals surface area contributed by atoms with Crippen molar-refractivity contribution in [3.63, 3.8) is 0 Å². The average molecular weight is 711 g/mol. The summed E-state index contributed by atoms with van der Waals surface area (Å²) in [5, 5.41) is 0. The van der Waals surface area contributed by atoms with Gasteiger partial charge in [-0.25, -0.2) is 0 Å². The molecule has 0 aliphatic carbocycles. The van der Waals surface area contributed by atoms with Crippen LogP contribution < -0.4 is 23.7 Å². The Balaban J connectivity index is 2.01. The minimum atomic E-state index is -0.496. The summed E-state index contributed by atoms with van der Waals surface area (Å²) in [6.45, 7) is 10.8. The van der Waals surface area contributed by atoms with Gasteiger partial charge < -0.3 is 23.7 Å². The lowest BCUT2D eigenvalue weighted by atomic mass is 9.89. The second-order valence-corrected chi connectivity index (χ2v) is 16.4. The molecule has 2 aromatic rings. The Morgan fingerprint density at radius 2 is 1.57 bits per heavy atom. The van der Waals surface area contributed by atoms with Gasteiger partial charge in [-0.1, -0.05) is 77.3 Å². The first-order valence-electron chi connectivity index (χ1n) is 14.5. The van der Waals surface area contributed by atoms with Crippen LogP contribution in [0.15, 0.2) is 29.8 Å². The number of benzene rings is 2. The SMILES string of the molecule is COc1cc2c(c(OC)c1CCC(C)(C)Br)C(=O)C[C@@H](c1ccc(OC)c(OC)c1C/C=C(/C)CCCC(C)(C)Br)O2. The molecule has 8 heteroatoms. The zero-order chi connectivity index (χ0) is 31.2. The molecule has 1 aliphatic rings. The molecule has 232 valence electrons. The monoisotopic (exact) mass is 708 g/mol. The van der Waals surface area contributed by atoms with Gasteiger partial charge in [-0.3, -0.25) is 4.79 Å². The number of methoxy groups -OCH3 is 4. The summed E-state index contributed by atoms with van der Waals surface area (Å²) in [4.78, 5) is 13.8. The fourth-order valence-electron chi connectivity index (χ4n) is 5.40. The number of fused-ring (bicyclic) bond motifs is 1. The Bertz CT molecular complexity index is 1290. The maximum absolute atomic E-state index is 13.8. The van der Waals surface area contributed by atoms with E-state index in [1.807, 2.05) is 18.2 Å². The van der Waals surface area contributed by atoms with Gasteiger partial charge in [0.25, 0.3) is 0 Å². The van der Waals surface area contributed by atoms with Gasteiger partial charge in [-0.2, -0.15) is 0 Å².